The zero-order chi connectivity index (χ0) is 14.4. The highest BCUT2D eigenvalue weighted by molar-refractivity contribution is 7.09. The first kappa shape index (κ1) is 15.2. The molecule has 0 aliphatic rings. The molecular weight excluding hydrogens is 274 g/mol. The van der Waals surface area contributed by atoms with Crippen molar-refractivity contribution in [3.8, 4) is 0 Å². The van der Waals surface area contributed by atoms with Gasteiger partial charge in [0, 0.05) is 31.0 Å². The Morgan fingerprint density at radius 3 is 2.80 bits per heavy atom. The van der Waals surface area contributed by atoms with E-state index >= 15 is 0 Å². The van der Waals surface area contributed by atoms with Crippen molar-refractivity contribution in [2.45, 2.75) is 32.9 Å². The minimum Gasteiger partial charge on any atom is -0.424 e. The van der Waals surface area contributed by atoms with Gasteiger partial charge < -0.3 is 9.15 Å². The summed E-state index contributed by atoms with van der Waals surface area (Å²) in [5.41, 5.74) is 0. The molecule has 0 unspecified atom stereocenters. The summed E-state index contributed by atoms with van der Waals surface area (Å²) >= 11 is 1.76. The van der Waals surface area contributed by atoms with Crippen molar-refractivity contribution in [1.82, 2.24) is 15.1 Å². The van der Waals surface area contributed by atoms with Crippen LogP contribution in [0.3, 0.4) is 0 Å². The van der Waals surface area contributed by atoms with Crippen molar-refractivity contribution in [2.24, 2.45) is 0 Å². The van der Waals surface area contributed by atoms with Gasteiger partial charge in [0.1, 0.15) is 0 Å². The summed E-state index contributed by atoms with van der Waals surface area (Å²) in [5.74, 6) is 1.63. The molecule has 110 valence electrons. The largest absolute Gasteiger partial charge is 0.424 e. The van der Waals surface area contributed by atoms with Gasteiger partial charge in [0.15, 0.2) is 0 Å². The molecule has 0 aliphatic carbocycles. The summed E-state index contributed by atoms with van der Waals surface area (Å²) in [7, 11) is 1.72. The van der Waals surface area contributed by atoms with E-state index < -0.39 is 0 Å². The Labute approximate surface area is 123 Å². The highest BCUT2D eigenvalue weighted by Crippen LogP contribution is 2.16. The third-order valence-corrected chi connectivity index (χ3v) is 3.77. The Hall–Kier alpha value is -1.24. The van der Waals surface area contributed by atoms with E-state index in [0.717, 1.165) is 13.1 Å². The van der Waals surface area contributed by atoms with E-state index in [-0.39, 0.29) is 5.92 Å². The van der Waals surface area contributed by atoms with E-state index in [4.69, 9.17) is 9.15 Å². The number of ether oxygens (including phenoxy) is 1. The molecule has 2 aromatic heterocycles. The van der Waals surface area contributed by atoms with Gasteiger partial charge in [-0.15, -0.1) is 21.5 Å². The first-order valence-corrected chi connectivity index (χ1v) is 7.63. The quantitative estimate of drug-likeness (QED) is 0.749. The van der Waals surface area contributed by atoms with Crippen molar-refractivity contribution in [3.05, 3.63) is 34.2 Å². The first-order valence-electron chi connectivity index (χ1n) is 6.75. The molecule has 0 N–H and O–H groups in total. The summed E-state index contributed by atoms with van der Waals surface area (Å²) in [5, 5.41) is 10.3. The van der Waals surface area contributed by atoms with Crippen molar-refractivity contribution < 1.29 is 9.15 Å². The Morgan fingerprint density at radius 1 is 1.35 bits per heavy atom. The summed E-state index contributed by atoms with van der Waals surface area (Å²) < 4.78 is 10.8. The average Bonchev–Trinajstić information content (AvgIpc) is 3.07. The maximum absolute atomic E-state index is 5.67. The van der Waals surface area contributed by atoms with E-state index in [0.29, 0.717) is 24.9 Å². The first-order chi connectivity index (χ1) is 9.69. The minimum absolute atomic E-state index is 0.265. The second-order valence-corrected chi connectivity index (χ2v) is 6.00. The molecule has 0 aliphatic heterocycles. The van der Waals surface area contributed by atoms with Gasteiger partial charge in [-0.05, 0) is 11.4 Å². The van der Waals surface area contributed by atoms with Crippen LogP contribution in [-0.2, 0) is 17.8 Å². The smallest absolute Gasteiger partial charge is 0.230 e. The highest BCUT2D eigenvalue weighted by Gasteiger charge is 2.14. The molecule has 0 spiro atoms. The van der Waals surface area contributed by atoms with Crippen LogP contribution in [0.1, 0.15) is 36.4 Å². The Bertz CT molecular complexity index is 496. The SMILES string of the molecule is COCCN(Cc1nnc(C(C)C)o1)Cc1cccs1. The predicted octanol–water partition coefficient (Wildman–Crippen LogP) is 2.90. The summed E-state index contributed by atoms with van der Waals surface area (Å²) in [4.78, 5) is 3.58. The van der Waals surface area contributed by atoms with Gasteiger partial charge in [-0.1, -0.05) is 19.9 Å². The van der Waals surface area contributed by atoms with E-state index in [1.807, 2.05) is 13.8 Å². The number of rotatable bonds is 8. The molecule has 6 heteroatoms. The number of hydrogen-bond donors (Lipinski definition) is 0. The topological polar surface area (TPSA) is 51.4 Å². The molecule has 0 saturated heterocycles. The molecule has 0 bridgehead atoms. The van der Waals surface area contributed by atoms with Crippen LogP contribution >= 0.6 is 11.3 Å². The second kappa shape index (κ2) is 7.52. The van der Waals surface area contributed by atoms with Crippen LogP contribution in [0.2, 0.25) is 0 Å². The Balaban J connectivity index is 1.98. The fourth-order valence-corrected chi connectivity index (χ4v) is 2.56. The van der Waals surface area contributed by atoms with Gasteiger partial charge in [0.25, 0.3) is 0 Å². The molecule has 0 fully saturated rings. The zero-order valence-corrected chi connectivity index (χ0v) is 13.0. The van der Waals surface area contributed by atoms with Crippen molar-refractivity contribution >= 4 is 11.3 Å². The number of aromatic nitrogens is 2. The zero-order valence-electron chi connectivity index (χ0n) is 12.2. The van der Waals surface area contributed by atoms with Gasteiger partial charge in [-0.25, -0.2) is 0 Å². The lowest BCUT2D eigenvalue weighted by atomic mass is 10.2. The standard InChI is InChI=1S/C14H21N3O2S/c1-11(2)14-16-15-13(19-14)10-17(6-7-18-3)9-12-5-4-8-20-12/h4-5,8,11H,6-7,9-10H2,1-3H3. The molecular formula is C14H21N3O2S. The molecule has 2 aromatic rings. The summed E-state index contributed by atoms with van der Waals surface area (Å²) in [6.07, 6.45) is 0. The van der Waals surface area contributed by atoms with Crippen LogP contribution in [-0.4, -0.2) is 35.4 Å². The molecule has 0 saturated carbocycles. The van der Waals surface area contributed by atoms with Gasteiger partial charge >= 0.3 is 0 Å². The molecule has 2 rings (SSSR count). The lowest BCUT2D eigenvalue weighted by molar-refractivity contribution is 0.134. The Morgan fingerprint density at radius 2 is 2.20 bits per heavy atom. The van der Waals surface area contributed by atoms with Crippen molar-refractivity contribution in [3.63, 3.8) is 0 Å². The van der Waals surface area contributed by atoms with E-state index in [1.54, 1.807) is 18.4 Å². The molecule has 0 atom stereocenters. The van der Waals surface area contributed by atoms with Gasteiger partial charge in [-0.2, -0.15) is 0 Å². The third kappa shape index (κ3) is 4.40. The highest BCUT2D eigenvalue weighted by atomic mass is 32.1. The summed E-state index contributed by atoms with van der Waals surface area (Å²) in [6, 6.07) is 4.20. The fraction of sp³-hybridized carbons (Fsp3) is 0.571. The van der Waals surface area contributed by atoms with E-state index in [1.165, 1.54) is 4.88 Å². The normalized spacial score (nSPS) is 11.7. The van der Waals surface area contributed by atoms with E-state index in [2.05, 4.69) is 32.6 Å². The van der Waals surface area contributed by atoms with Crippen molar-refractivity contribution in [1.29, 1.82) is 0 Å². The second-order valence-electron chi connectivity index (χ2n) is 4.97. The van der Waals surface area contributed by atoms with Crippen LogP contribution in [0.5, 0.6) is 0 Å². The fourth-order valence-electron chi connectivity index (χ4n) is 1.81. The number of hydrogen-bond acceptors (Lipinski definition) is 6. The predicted molar refractivity (Wildman–Crippen MR) is 78.7 cm³/mol. The van der Waals surface area contributed by atoms with Crippen LogP contribution in [0, 0.1) is 0 Å². The average molecular weight is 295 g/mol. The maximum atomic E-state index is 5.67. The lowest BCUT2D eigenvalue weighted by Gasteiger charge is -2.19. The van der Waals surface area contributed by atoms with Crippen LogP contribution < -0.4 is 0 Å². The monoisotopic (exact) mass is 295 g/mol. The van der Waals surface area contributed by atoms with Gasteiger partial charge in [0.2, 0.25) is 11.8 Å². The summed E-state index contributed by atoms with van der Waals surface area (Å²) in [6.45, 7) is 7.16. The van der Waals surface area contributed by atoms with Crippen LogP contribution in [0.25, 0.3) is 0 Å². The molecule has 0 aromatic carbocycles. The molecule has 0 amide bonds. The molecule has 20 heavy (non-hydrogen) atoms. The number of methoxy groups -OCH3 is 1. The van der Waals surface area contributed by atoms with Crippen molar-refractivity contribution in [2.75, 3.05) is 20.3 Å². The van der Waals surface area contributed by atoms with Crippen LogP contribution in [0.15, 0.2) is 21.9 Å². The molecule has 2 heterocycles. The third-order valence-electron chi connectivity index (χ3n) is 2.91. The lowest BCUT2D eigenvalue weighted by Crippen LogP contribution is -2.26. The van der Waals surface area contributed by atoms with Crippen LogP contribution in [0.4, 0.5) is 0 Å². The minimum atomic E-state index is 0.265. The van der Waals surface area contributed by atoms with E-state index in [9.17, 15) is 0 Å². The maximum Gasteiger partial charge on any atom is 0.230 e. The molecule has 0 radical (unpaired) electrons. The number of nitrogens with zero attached hydrogens (tertiary/aromatic N) is 3. The van der Waals surface area contributed by atoms with Gasteiger partial charge in [0.05, 0.1) is 13.2 Å². The molecule has 5 nitrogen and oxygen atoms in total. The Kier molecular flexibility index (Phi) is 5.70. The van der Waals surface area contributed by atoms with Gasteiger partial charge in [-0.3, -0.25) is 4.90 Å². The number of thiophene rings is 1.